The number of aryl methyl sites for hydroxylation is 1. The summed E-state index contributed by atoms with van der Waals surface area (Å²) in [5.74, 6) is 0.762. The van der Waals surface area contributed by atoms with Crippen molar-refractivity contribution in [1.82, 2.24) is 24.5 Å². The summed E-state index contributed by atoms with van der Waals surface area (Å²) < 4.78 is 33.6. The van der Waals surface area contributed by atoms with Crippen LogP contribution in [0.3, 0.4) is 0 Å². The molecule has 0 saturated carbocycles. The standard InChI is InChI=1S/C11H21N5O3S/c1-9-14-11(19-15-9)8-13-20(17,18)16-6-4-3-5-10(16)7-12-2/h10,12-13H,3-8H2,1-2H3. The van der Waals surface area contributed by atoms with Gasteiger partial charge in [-0.1, -0.05) is 11.6 Å². The Morgan fingerprint density at radius 2 is 2.25 bits per heavy atom. The molecule has 1 atom stereocenters. The highest BCUT2D eigenvalue weighted by atomic mass is 32.2. The smallest absolute Gasteiger partial charge is 0.280 e. The molecule has 1 aliphatic heterocycles. The minimum atomic E-state index is -3.53. The van der Waals surface area contributed by atoms with Crippen LogP contribution in [0.25, 0.3) is 0 Å². The van der Waals surface area contributed by atoms with E-state index in [-0.39, 0.29) is 18.5 Å². The van der Waals surface area contributed by atoms with Crippen molar-refractivity contribution < 1.29 is 12.9 Å². The van der Waals surface area contributed by atoms with E-state index in [2.05, 4.69) is 20.2 Å². The van der Waals surface area contributed by atoms with Crippen LogP contribution in [0.1, 0.15) is 31.0 Å². The molecule has 0 spiro atoms. The van der Waals surface area contributed by atoms with Gasteiger partial charge in [0.25, 0.3) is 10.2 Å². The maximum atomic E-state index is 12.3. The summed E-state index contributed by atoms with van der Waals surface area (Å²) in [5.41, 5.74) is 0. The summed E-state index contributed by atoms with van der Waals surface area (Å²) in [6, 6.07) is -0.00401. The normalized spacial score (nSPS) is 21.2. The fraction of sp³-hybridized carbons (Fsp3) is 0.818. The van der Waals surface area contributed by atoms with Crippen LogP contribution in [0.2, 0.25) is 0 Å². The highest BCUT2D eigenvalue weighted by molar-refractivity contribution is 7.87. The fourth-order valence-electron chi connectivity index (χ4n) is 2.38. The molecule has 20 heavy (non-hydrogen) atoms. The van der Waals surface area contributed by atoms with Gasteiger partial charge in [0.1, 0.15) is 0 Å². The van der Waals surface area contributed by atoms with E-state index in [1.807, 2.05) is 7.05 Å². The SMILES string of the molecule is CNCC1CCCCN1S(=O)(=O)NCc1nc(C)no1. The van der Waals surface area contributed by atoms with Crippen molar-refractivity contribution in [3.05, 3.63) is 11.7 Å². The van der Waals surface area contributed by atoms with Crippen molar-refractivity contribution in [2.24, 2.45) is 0 Å². The largest absolute Gasteiger partial charge is 0.338 e. The molecule has 0 aromatic carbocycles. The van der Waals surface area contributed by atoms with Gasteiger partial charge in [0.05, 0.1) is 6.54 Å². The molecule has 1 aromatic rings. The lowest BCUT2D eigenvalue weighted by atomic mass is 10.1. The third-order valence-electron chi connectivity index (χ3n) is 3.30. The van der Waals surface area contributed by atoms with Gasteiger partial charge < -0.3 is 9.84 Å². The summed E-state index contributed by atoms with van der Waals surface area (Å²) in [6.45, 7) is 2.91. The van der Waals surface area contributed by atoms with Gasteiger partial charge in [0.2, 0.25) is 5.89 Å². The van der Waals surface area contributed by atoms with Crippen LogP contribution in [0, 0.1) is 6.92 Å². The zero-order valence-electron chi connectivity index (χ0n) is 11.8. The van der Waals surface area contributed by atoms with Gasteiger partial charge in [-0.3, -0.25) is 0 Å². The van der Waals surface area contributed by atoms with E-state index in [0.717, 1.165) is 19.3 Å². The first-order valence-electron chi connectivity index (χ1n) is 6.73. The summed E-state index contributed by atoms with van der Waals surface area (Å²) in [6.07, 6.45) is 2.82. The summed E-state index contributed by atoms with van der Waals surface area (Å²) in [7, 11) is -1.70. The summed E-state index contributed by atoms with van der Waals surface area (Å²) in [4.78, 5) is 3.98. The van der Waals surface area contributed by atoms with Gasteiger partial charge in [-0.2, -0.15) is 22.4 Å². The lowest BCUT2D eigenvalue weighted by Crippen LogP contribution is -2.51. The second-order valence-electron chi connectivity index (χ2n) is 4.88. The summed E-state index contributed by atoms with van der Waals surface area (Å²) >= 11 is 0. The van der Waals surface area contributed by atoms with Crippen LogP contribution in [-0.2, 0) is 16.8 Å². The number of piperidine rings is 1. The highest BCUT2D eigenvalue weighted by Gasteiger charge is 2.31. The topological polar surface area (TPSA) is 100 Å². The van der Waals surface area contributed by atoms with Crippen LogP contribution in [0.4, 0.5) is 0 Å². The van der Waals surface area contributed by atoms with Crippen molar-refractivity contribution in [3.8, 4) is 0 Å². The third kappa shape index (κ3) is 3.75. The molecule has 1 aliphatic rings. The van der Waals surface area contributed by atoms with Crippen molar-refractivity contribution in [2.75, 3.05) is 20.1 Å². The number of likely N-dealkylation sites (N-methyl/N-ethyl adjacent to an activating group) is 1. The monoisotopic (exact) mass is 303 g/mol. The Morgan fingerprint density at radius 1 is 1.45 bits per heavy atom. The van der Waals surface area contributed by atoms with Crippen molar-refractivity contribution in [3.63, 3.8) is 0 Å². The number of nitrogens with zero attached hydrogens (tertiary/aromatic N) is 3. The molecule has 1 aromatic heterocycles. The van der Waals surface area contributed by atoms with Crippen molar-refractivity contribution in [1.29, 1.82) is 0 Å². The zero-order chi connectivity index (χ0) is 14.6. The quantitative estimate of drug-likeness (QED) is 0.754. The van der Waals surface area contributed by atoms with Crippen molar-refractivity contribution in [2.45, 2.75) is 38.8 Å². The molecule has 2 N–H and O–H groups in total. The molecule has 0 radical (unpaired) electrons. The molecule has 8 nitrogen and oxygen atoms in total. The fourth-order valence-corrected chi connectivity index (χ4v) is 3.79. The Balaban J connectivity index is 2.00. The third-order valence-corrected chi connectivity index (χ3v) is 4.90. The second kappa shape index (κ2) is 6.61. The van der Waals surface area contributed by atoms with Gasteiger partial charge in [0, 0.05) is 19.1 Å². The van der Waals surface area contributed by atoms with Crippen LogP contribution in [-0.4, -0.2) is 49.0 Å². The molecule has 1 saturated heterocycles. The van der Waals surface area contributed by atoms with E-state index in [0.29, 0.717) is 18.9 Å². The maximum Gasteiger partial charge on any atom is 0.280 e. The predicted molar refractivity (Wildman–Crippen MR) is 73.1 cm³/mol. The molecule has 2 heterocycles. The first kappa shape index (κ1) is 15.4. The Labute approximate surface area is 119 Å². The Kier molecular flexibility index (Phi) is 5.08. The van der Waals surface area contributed by atoms with Gasteiger partial charge in [-0.05, 0) is 26.8 Å². The summed E-state index contributed by atoms with van der Waals surface area (Å²) in [5, 5.41) is 6.67. The van der Waals surface area contributed by atoms with E-state index >= 15 is 0 Å². The van der Waals surface area contributed by atoms with Gasteiger partial charge in [0.15, 0.2) is 5.82 Å². The Hall–Kier alpha value is -1.03. The van der Waals surface area contributed by atoms with Gasteiger partial charge in [-0.25, -0.2) is 0 Å². The van der Waals surface area contributed by atoms with Crippen LogP contribution in [0.15, 0.2) is 4.52 Å². The molecular formula is C11H21N5O3S. The number of aromatic nitrogens is 2. The Bertz CT molecular complexity index is 528. The van der Waals surface area contributed by atoms with Crippen LogP contribution in [0.5, 0.6) is 0 Å². The lowest BCUT2D eigenvalue weighted by molar-refractivity contribution is 0.245. The molecule has 2 rings (SSSR count). The number of rotatable bonds is 6. The zero-order valence-corrected chi connectivity index (χ0v) is 12.6. The Morgan fingerprint density at radius 3 is 2.90 bits per heavy atom. The molecule has 0 amide bonds. The highest BCUT2D eigenvalue weighted by Crippen LogP contribution is 2.19. The lowest BCUT2D eigenvalue weighted by Gasteiger charge is -2.34. The maximum absolute atomic E-state index is 12.3. The van der Waals surface area contributed by atoms with Crippen LogP contribution < -0.4 is 10.0 Å². The first-order chi connectivity index (χ1) is 9.53. The van der Waals surface area contributed by atoms with E-state index < -0.39 is 10.2 Å². The average Bonchev–Trinajstić information content (AvgIpc) is 2.83. The molecule has 114 valence electrons. The molecule has 9 heteroatoms. The van der Waals surface area contributed by atoms with Crippen molar-refractivity contribution >= 4 is 10.2 Å². The van der Waals surface area contributed by atoms with E-state index in [4.69, 9.17) is 4.52 Å². The van der Waals surface area contributed by atoms with E-state index in [1.165, 1.54) is 4.31 Å². The van der Waals surface area contributed by atoms with Gasteiger partial charge in [-0.15, -0.1) is 0 Å². The molecule has 0 bridgehead atoms. The van der Waals surface area contributed by atoms with Gasteiger partial charge >= 0.3 is 0 Å². The predicted octanol–water partition coefficient (Wildman–Crippen LogP) is -0.214. The molecule has 0 aliphatic carbocycles. The van der Waals surface area contributed by atoms with E-state index in [9.17, 15) is 8.42 Å². The number of hydrogen-bond acceptors (Lipinski definition) is 6. The second-order valence-corrected chi connectivity index (χ2v) is 6.59. The molecular weight excluding hydrogens is 282 g/mol. The number of hydrogen-bond donors (Lipinski definition) is 2. The minimum Gasteiger partial charge on any atom is -0.338 e. The minimum absolute atomic E-state index is 0.00401. The average molecular weight is 303 g/mol. The van der Waals surface area contributed by atoms with E-state index in [1.54, 1.807) is 6.92 Å². The van der Waals surface area contributed by atoms with Crippen LogP contribution >= 0.6 is 0 Å². The first-order valence-corrected chi connectivity index (χ1v) is 8.17. The number of nitrogens with one attached hydrogen (secondary N) is 2. The molecule has 1 unspecified atom stereocenters. The molecule has 1 fully saturated rings.